The summed E-state index contributed by atoms with van der Waals surface area (Å²) in [6.45, 7) is 0. The fourth-order valence-electron chi connectivity index (χ4n) is 5.39. The maximum atomic E-state index is 14.9. The highest BCUT2D eigenvalue weighted by molar-refractivity contribution is 5.95. The second kappa shape index (κ2) is 7.34. The van der Waals surface area contributed by atoms with Crippen LogP contribution in [0.4, 0.5) is 14.5 Å². The molecule has 2 heterocycles. The summed E-state index contributed by atoms with van der Waals surface area (Å²) in [6, 6.07) is 5.59. The van der Waals surface area contributed by atoms with Crippen LogP contribution in [0.25, 0.3) is 22.2 Å². The fourth-order valence-corrected chi connectivity index (χ4v) is 5.39. The summed E-state index contributed by atoms with van der Waals surface area (Å²) in [5, 5.41) is 23.0. The van der Waals surface area contributed by atoms with Crippen LogP contribution < -0.4 is 5.32 Å². The van der Waals surface area contributed by atoms with E-state index in [2.05, 4.69) is 15.3 Å². The predicted octanol–water partition coefficient (Wildman–Crippen LogP) is 4.68. The highest BCUT2D eigenvalue weighted by atomic mass is 19.1. The Balaban J connectivity index is 1.58. The number of nitriles is 1. The van der Waals surface area contributed by atoms with Crippen LogP contribution in [0.15, 0.2) is 30.6 Å². The van der Waals surface area contributed by atoms with Crippen LogP contribution >= 0.6 is 0 Å². The van der Waals surface area contributed by atoms with Gasteiger partial charge >= 0.3 is 5.97 Å². The highest BCUT2D eigenvalue weighted by Crippen LogP contribution is 2.47. The molecule has 158 valence electrons. The lowest BCUT2D eigenvalue weighted by Gasteiger charge is -2.47. The number of carbonyl (C=O) groups is 1. The van der Waals surface area contributed by atoms with E-state index in [1.165, 1.54) is 12.1 Å². The van der Waals surface area contributed by atoms with Gasteiger partial charge in [0.15, 0.2) is 0 Å². The van der Waals surface area contributed by atoms with E-state index in [0.29, 0.717) is 22.2 Å². The number of rotatable bonds is 4. The van der Waals surface area contributed by atoms with Gasteiger partial charge in [-0.3, -0.25) is 4.79 Å². The Morgan fingerprint density at radius 2 is 1.90 bits per heavy atom. The summed E-state index contributed by atoms with van der Waals surface area (Å²) in [5.41, 5.74) is 1.67. The van der Waals surface area contributed by atoms with E-state index < -0.39 is 23.5 Å². The van der Waals surface area contributed by atoms with E-state index in [1.807, 2.05) is 6.07 Å². The van der Waals surface area contributed by atoms with Crippen molar-refractivity contribution in [1.29, 1.82) is 5.26 Å². The predicted molar refractivity (Wildman–Crippen MR) is 110 cm³/mol. The number of fused-ring (bicyclic) bond motifs is 4. The average molecular weight is 422 g/mol. The molecule has 3 aromatic rings. The number of carboxylic acid groups (broad SMARTS) is 1. The molecule has 0 aliphatic heterocycles. The number of aliphatic carboxylic acids is 1. The second-order valence-electron chi connectivity index (χ2n) is 8.45. The molecule has 3 fully saturated rings. The molecule has 2 aromatic heterocycles. The number of aromatic amines is 1. The van der Waals surface area contributed by atoms with Crippen LogP contribution in [-0.2, 0) is 4.79 Å². The highest BCUT2D eigenvalue weighted by Gasteiger charge is 2.47. The van der Waals surface area contributed by atoms with Gasteiger partial charge in [-0.25, -0.2) is 13.8 Å². The fraction of sp³-hybridized carbons (Fsp3) is 0.348. The minimum Gasteiger partial charge on any atom is -0.481 e. The van der Waals surface area contributed by atoms with Gasteiger partial charge < -0.3 is 15.4 Å². The Morgan fingerprint density at radius 3 is 2.61 bits per heavy atom. The summed E-state index contributed by atoms with van der Waals surface area (Å²) >= 11 is 0. The Bertz CT molecular complexity index is 1220. The molecular weight excluding hydrogens is 402 g/mol. The Labute approximate surface area is 176 Å². The molecule has 8 heteroatoms. The molecule has 0 radical (unpaired) electrons. The van der Waals surface area contributed by atoms with Crippen molar-refractivity contribution in [2.24, 2.45) is 17.8 Å². The number of benzene rings is 1. The van der Waals surface area contributed by atoms with E-state index >= 15 is 0 Å². The molecule has 0 spiro atoms. The van der Waals surface area contributed by atoms with Gasteiger partial charge in [-0.2, -0.15) is 5.26 Å². The van der Waals surface area contributed by atoms with Gasteiger partial charge in [0, 0.05) is 28.8 Å². The zero-order valence-electron chi connectivity index (χ0n) is 16.5. The zero-order chi connectivity index (χ0) is 21.7. The van der Waals surface area contributed by atoms with Crippen LogP contribution in [-0.4, -0.2) is 27.1 Å². The van der Waals surface area contributed by atoms with Gasteiger partial charge in [0.05, 0.1) is 29.4 Å². The maximum Gasteiger partial charge on any atom is 0.308 e. The zero-order valence-corrected chi connectivity index (χ0v) is 16.5. The second-order valence-corrected chi connectivity index (χ2v) is 8.45. The van der Waals surface area contributed by atoms with E-state index in [0.717, 1.165) is 37.9 Å². The molecule has 3 aliphatic rings. The lowest BCUT2D eigenvalue weighted by molar-refractivity contribution is -0.148. The number of anilines is 1. The third kappa shape index (κ3) is 3.21. The topological polar surface area (TPSA) is 102 Å². The lowest BCUT2D eigenvalue weighted by Crippen LogP contribution is -2.51. The smallest absolute Gasteiger partial charge is 0.308 e. The number of nitrogens with one attached hydrogen (secondary N) is 2. The molecular formula is C23H20F2N4O2. The SMILES string of the molecule is N#Cc1cc(F)c(N[C@@H]2C3CCC(CC3)[C@H]2C(=O)O)cc1-c1c[nH]c2ncc(F)cc12. The molecule has 1 aromatic carbocycles. The number of halogens is 2. The quantitative estimate of drug-likeness (QED) is 0.567. The summed E-state index contributed by atoms with van der Waals surface area (Å²) in [6.07, 6.45) is 6.31. The Kier molecular flexibility index (Phi) is 4.62. The first-order valence-electron chi connectivity index (χ1n) is 10.3. The van der Waals surface area contributed by atoms with Crippen molar-refractivity contribution in [1.82, 2.24) is 9.97 Å². The number of pyridine rings is 1. The Hall–Kier alpha value is -3.47. The van der Waals surface area contributed by atoms with Crippen molar-refractivity contribution in [3.05, 3.63) is 47.8 Å². The first-order chi connectivity index (χ1) is 15.0. The molecule has 0 saturated heterocycles. The third-order valence-electron chi connectivity index (χ3n) is 6.84. The van der Waals surface area contributed by atoms with Crippen molar-refractivity contribution >= 4 is 22.7 Å². The summed E-state index contributed by atoms with van der Waals surface area (Å²) in [5.74, 6) is -2.32. The number of hydrogen-bond acceptors (Lipinski definition) is 4. The number of H-pyrrole nitrogens is 1. The summed E-state index contributed by atoms with van der Waals surface area (Å²) in [7, 11) is 0. The van der Waals surface area contributed by atoms with Crippen LogP contribution in [0.1, 0.15) is 31.2 Å². The van der Waals surface area contributed by atoms with Crippen LogP contribution in [0.3, 0.4) is 0 Å². The number of carboxylic acids is 1. The molecule has 6 rings (SSSR count). The van der Waals surface area contributed by atoms with Gasteiger partial charge in [-0.1, -0.05) is 0 Å². The number of nitrogens with zero attached hydrogens (tertiary/aromatic N) is 2. The van der Waals surface area contributed by atoms with E-state index in [9.17, 15) is 23.9 Å². The van der Waals surface area contributed by atoms with Gasteiger partial charge in [-0.15, -0.1) is 0 Å². The van der Waals surface area contributed by atoms with Crippen molar-refractivity contribution in [3.63, 3.8) is 0 Å². The molecule has 2 bridgehead atoms. The van der Waals surface area contributed by atoms with E-state index in [-0.39, 0.29) is 29.1 Å². The van der Waals surface area contributed by atoms with Crippen molar-refractivity contribution < 1.29 is 18.7 Å². The van der Waals surface area contributed by atoms with Gasteiger partial charge in [0.1, 0.15) is 17.3 Å². The molecule has 31 heavy (non-hydrogen) atoms. The molecule has 2 atom stereocenters. The summed E-state index contributed by atoms with van der Waals surface area (Å²) in [4.78, 5) is 18.9. The lowest BCUT2D eigenvalue weighted by atomic mass is 9.61. The number of aromatic nitrogens is 2. The van der Waals surface area contributed by atoms with Gasteiger partial charge in [-0.05, 0) is 55.7 Å². The van der Waals surface area contributed by atoms with Crippen LogP contribution in [0.2, 0.25) is 0 Å². The maximum absolute atomic E-state index is 14.9. The average Bonchev–Trinajstić information content (AvgIpc) is 3.18. The molecule has 0 unspecified atom stereocenters. The van der Waals surface area contributed by atoms with E-state index in [4.69, 9.17) is 0 Å². The first kappa shape index (κ1) is 19.5. The monoisotopic (exact) mass is 422 g/mol. The van der Waals surface area contributed by atoms with Crippen molar-refractivity contribution in [2.75, 3.05) is 5.32 Å². The largest absolute Gasteiger partial charge is 0.481 e. The minimum atomic E-state index is -0.862. The van der Waals surface area contributed by atoms with Crippen molar-refractivity contribution in [3.8, 4) is 17.2 Å². The van der Waals surface area contributed by atoms with Crippen LogP contribution in [0.5, 0.6) is 0 Å². The number of hydrogen-bond donors (Lipinski definition) is 3. The van der Waals surface area contributed by atoms with E-state index in [1.54, 1.807) is 6.20 Å². The van der Waals surface area contributed by atoms with Crippen LogP contribution in [0, 0.1) is 40.7 Å². The minimum absolute atomic E-state index is 0.0866. The first-order valence-corrected chi connectivity index (χ1v) is 10.3. The summed E-state index contributed by atoms with van der Waals surface area (Å²) < 4.78 is 28.7. The Morgan fingerprint density at radius 1 is 1.16 bits per heavy atom. The standard InChI is InChI=1S/C23H20F2N4O2/c24-14-6-16-17(10-28-22(16)27-9-14)15-7-19(18(25)5-13(15)8-26)29-21-12-3-1-11(2-4-12)20(21)23(30)31/h5-7,9-12,20-21,29H,1-4H2,(H,27,28)(H,30,31)/t11?,12?,20-,21-/m1/s1. The van der Waals surface area contributed by atoms with Gasteiger partial charge in [0.2, 0.25) is 0 Å². The van der Waals surface area contributed by atoms with Crippen molar-refractivity contribution in [2.45, 2.75) is 31.7 Å². The molecule has 6 nitrogen and oxygen atoms in total. The van der Waals surface area contributed by atoms with Gasteiger partial charge in [0.25, 0.3) is 0 Å². The third-order valence-corrected chi connectivity index (χ3v) is 6.84. The molecule has 3 saturated carbocycles. The molecule has 3 N–H and O–H groups in total. The molecule has 0 amide bonds. The normalized spacial score (nSPS) is 24.8. The molecule has 3 aliphatic carbocycles.